The van der Waals surface area contributed by atoms with E-state index < -0.39 is 0 Å². The second-order valence-corrected chi connectivity index (χ2v) is 6.74. The second-order valence-electron chi connectivity index (χ2n) is 6.74. The summed E-state index contributed by atoms with van der Waals surface area (Å²) >= 11 is 0. The van der Waals surface area contributed by atoms with Crippen LogP contribution in [0.4, 0.5) is 9.18 Å². The molecule has 0 radical (unpaired) electrons. The van der Waals surface area contributed by atoms with Crippen molar-refractivity contribution < 1.29 is 18.7 Å². The monoisotopic (exact) mass is 364 g/mol. The predicted octanol–water partition coefficient (Wildman–Crippen LogP) is 0.572. The molecule has 26 heavy (non-hydrogen) atoms. The number of hydrogen-bond acceptors (Lipinski definition) is 4. The van der Waals surface area contributed by atoms with Gasteiger partial charge in [0.05, 0.1) is 12.5 Å². The van der Waals surface area contributed by atoms with Crippen molar-refractivity contribution in [1.82, 2.24) is 20.9 Å². The van der Waals surface area contributed by atoms with E-state index in [0.29, 0.717) is 45.1 Å². The standard InChI is InChI=1S/C18H25FN4O3/c19-15-2-1-3-16(9-15)26-12-13-8-14(11-20-10-13)17(24)21-4-6-23-7-5-22-18(23)25/h1-3,9,13-14,20H,4-8,10-12H2,(H,21,24)(H,22,25)/t13-,14+/m0/s1. The number of ether oxygens (including phenoxy) is 1. The largest absolute Gasteiger partial charge is 0.493 e. The zero-order valence-electron chi connectivity index (χ0n) is 14.7. The van der Waals surface area contributed by atoms with Crippen molar-refractivity contribution >= 4 is 11.9 Å². The number of nitrogens with zero attached hydrogens (tertiary/aromatic N) is 1. The maximum Gasteiger partial charge on any atom is 0.317 e. The first-order chi connectivity index (χ1) is 12.6. The number of piperidine rings is 1. The van der Waals surface area contributed by atoms with Gasteiger partial charge in [0.25, 0.3) is 0 Å². The molecule has 2 aliphatic rings. The van der Waals surface area contributed by atoms with Crippen LogP contribution in [0.2, 0.25) is 0 Å². The van der Waals surface area contributed by atoms with E-state index in [9.17, 15) is 14.0 Å². The molecule has 2 heterocycles. The van der Waals surface area contributed by atoms with Gasteiger partial charge in [-0.05, 0) is 18.6 Å². The molecule has 0 saturated carbocycles. The lowest BCUT2D eigenvalue weighted by Crippen LogP contribution is -2.46. The molecule has 3 amide bonds. The van der Waals surface area contributed by atoms with Gasteiger partial charge >= 0.3 is 6.03 Å². The molecule has 142 valence electrons. The summed E-state index contributed by atoms with van der Waals surface area (Å²) in [5, 5.41) is 8.91. The fourth-order valence-electron chi connectivity index (χ4n) is 3.31. The van der Waals surface area contributed by atoms with Crippen molar-refractivity contribution in [3.8, 4) is 5.75 Å². The van der Waals surface area contributed by atoms with Gasteiger partial charge < -0.3 is 25.6 Å². The van der Waals surface area contributed by atoms with Gasteiger partial charge in [0, 0.05) is 51.3 Å². The summed E-state index contributed by atoms with van der Waals surface area (Å²) in [4.78, 5) is 25.5. The van der Waals surface area contributed by atoms with E-state index in [4.69, 9.17) is 4.74 Å². The second kappa shape index (κ2) is 8.84. The zero-order valence-corrected chi connectivity index (χ0v) is 14.7. The Kier molecular flexibility index (Phi) is 6.27. The lowest BCUT2D eigenvalue weighted by Gasteiger charge is -2.29. The number of hydrogen-bond donors (Lipinski definition) is 3. The highest BCUT2D eigenvalue weighted by Crippen LogP contribution is 2.19. The van der Waals surface area contributed by atoms with Crippen LogP contribution >= 0.6 is 0 Å². The number of carbonyl (C=O) groups excluding carboxylic acids is 2. The van der Waals surface area contributed by atoms with Crippen LogP contribution in [-0.2, 0) is 4.79 Å². The third-order valence-electron chi connectivity index (χ3n) is 4.72. The molecule has 3 rings (SSSR count). The minimum Gasteiger partial charge on any atom is -0.493 e. The Labute approximate surface area is 152 Å². The van der Waals surface area contributed by atoms with Crippen molar-refractivity contribution in [2.45, 2.75) is 6.42 Å². The maximum absolute atomic E-state index is 13.2. The number of urea groups is 1. The Hall–Kier alpha value is -2.35. The summed E-state index contributed by atoms with van der Waals surface area (Å²) in [6.07, 6.45) is 0.721. The molecule has 0 aromatic heterocycles. The van der Waals surface area contributed by atoms with Crippen molar-refractivity contribution in [2.24, 2.45) is 11.8 Å². The van der Waals surface area contributed by atoms with Gasteiger partial charge in [-0.15, -0.1) is 0 Å². The molecule has 1 aromatic carbocycles. The Bertz CT molecular complexity index is 643. The number of carbonyl (C=O) groups is 2. The fourth-order valence-corrected chi connectivity index (χ4v) is 3.31. The summed E-state index contributed by atoms with van der Waals surface area (Å²) in [5.74, 6) is 0.227. The van der Waals surface area contributed by atoms with Gasteiger partial charge in [-0.2, -0.15) is 0 Å². The van der Waals surface area contributed by atoms with Crippen LogP contribution in [-0.4, -0.2) is 62.7 Å². The van der Waals surface area contributed by atoms with E-state index in [1.54, 1.807) is 17.0 Å². The number of nitrogens with one attached hydrogen (secondary N) is 3. The maximum atomic E-state index is 13.2. The first-order valence-corrected chi connectivity index (χ1v) is 9.01. The summed E-state index contributed by atoms with van der Waals surface area (Å²) in [5.41, 5.74) is 0. The van der Waals surface area contributed by atoms with E-state index in [0.717, 1.165) is 13.0 Å². The lowest BCUT2D eigenvalue weighted by atomic mass is 9.90. The quantitative estimate of drug-likeness (QED) is 0.661. The Morgan fingerprint density at radius 3 is 3.04 bits per heavy atom. The van der Waals surface area contributed by atoms with Crippen LogP contribution in [0.25, 0.3) is 0 Å². The van der Waals surface area contributed by atoms with Crippen LogP contribution in [0.5, 0.6) is 5.75 Å². The van der Waals surface area contributed by atoms with E-state index >= 15 is 0 Å². The van der Waals surface area contributed by atoms with E-state index in [1.165, 1.54) is 12.1 Å². The van der Waals surface area contributed by atoms with Crippen LogP contribution in [0.15, 0.2) is 24.3 Å². The summed E-state index contributed by atoms with van der Waals surface area (Å²) < 4.78 is 18.8. The van der Waals surface area contributed by atoms with Gasteiger partial charge in [-0.3, -0.25) is 4.79 Å². The molecule has 0 aliphatic carbocycles. The van der Waals surface area contributed by atoms with Crippen molar-refractivity contribution in [1.29, 1.82) is 0 Å². The van der Waals surface area contributed by atoms with Crippen molar-refractivity contribution in [3.05, 3.63) is 30.1 Å². The fraction of sp³-hybridized carbons (Fsp3) is 0.556. The first-order valence-electron chi connectivity index (χ1n) is 9.01. The highest BCUT2D eigenvalue weighted by molar-refractivity contribution is 5.79. The molecule has 0 bridgehead atoms. The summed E-state index contributed by atoms with van der Waals surface area (Å²) in [7, 11) is 0. The molecular formula is C18H25FN4O3. The molecular weight excluding hydrogens is 339 g/mol. The Morgan fingerprint density at radius 2 is 2.27 bits per heavy atom. The SMILES string of the molecule is O=C(NCCN1CCNC1=O)[C@H]1CNC[C@@H](COc2cccc(F)c2)C1. The average molecular weight is 364 g/mol. The molecule has 1 aromatic rings. The molecule has 0 spiro atoms. The van der Waals surface area contributed by atoms with Crippen LogP contribution < -0.4 is 20.7 Å². The molecule has 2 fully saturated rings. The average Bonchev–Trinajstić information content (AvgIpc) is 3.05. The molecule has 2 saturated heterocycles. The lowest BCUT2D eigenvalue weighted by molar-refractivity contribution is -0.126. The number of benzene rings is 1. The Balaban J connectivity index is 1.39. The molecule has 2 aliphatic heterocycles. The van der Waals surface area contributed by atoms with E-state index in [1.807, 2.05) is 0 Å². The molecule has 2 atom stereocenters. The van der Waals surface area contributed by atoms with Crippen molar-refractivity contribution in [3.63, 3.8) is 0 Å². The third-order valence-corrected chi connectivity index (χ3v) is 4.72. The minimum atomic E-state index is -0.326. The molecule has 8 heteroatoms. The first kappa shape index (κ1) is 18.4. The molecule has 0 unspecified atom stereocenters. The van der Waals surface area contributed by atoms with E-state index in [-0.39, 0.29) is 29.6 Å². The normalized spacial score (nSPS) is 22.8. The Morgan fingerprint density at radius 1 is 1.38 bits per heavy atom. The molecule has 3 N–H and O–H groups in total. The van der Waals surface area contributed by atoms with Gasteiger partial charge in [-0.25, -0.2) is 9.18 Å². The zero-order chi connectivity index (χ0) is 18.4. The number of amides is 3. The summed E-state index contributed by atoms with van der Waals surface area (Å²) in [6, 6.07) is 5.99. The van der Waals surface area contributed by atoms with E-state index in [2.05, 4.69) is 16.0 Å². The highest BCUT2D eigenvalue weighted by Gasteiger charge is 2.27. The van der Waals surface area contributed by atoms with Crippen LogP contribution in [0, 0.1) is 17.7 Å². The van der Waals surface area contributed by atoms with Gasteiger partial charge in [-0.1, -0.05) is 6.07 Å². The highest BCUT2D eigenvalue weighted by atomic mass is 19.1. The third kappa shape index (κ3) is 5.08. The van der Waals surface area contributed by atoms with Crippen LogP contribution in [0.1, 0.15) is 6.42 Å². The summed E-state index contributed by atoms with van der Waals surface area (Å²) in [6.45, 7) is 4.15. The smallest absolute Gasteiger partial charge is 0.317 e. The number of rotatable bonds is 7. The minimum absolute atomic E-state index is 0.00689. The van der Waals surface area contributed by atoms with Gasteiger partial charge in [0.1, 0.15) is 11.6 Å². The predicted molar refractivity (Wildman–Crippen MR) is 94.3 cm³/mol. The van der Waals surface area contributed by atoms with Crippen molar-refractivity contribution in [2.75, 3.05) is 45.9 Å². The number of halogens is 1. The topological polar surface area (TPSA) is 82.7 Å². The van der Waals surface area contributed by atoms with Gasteiger partial charge in [0.15, 0.2) is 0 Å². The van der Waals surface area contributed by atoms with Gasteiger partial charge in [0.2, 0.25) is 5.91 Å². The molecule has 7 nitrogen and oxygen atoms in total. The van der Waals surface area contributed by atoms with Crippen LogP contribution in [0.3, 0.4) is 0 Å².